The Morgan fingerprint density at radius 1 is 1.00 bits per heavy atom. The molecule has 0 saturated carbocycles. The largest absolute Gasteiger partial charge is 0.495 e. The van der Waals surface area contributed by atoms with Crippen LogP contribution in [0.25, 0.3) is 0 Å². The van der Waals surface area contributed by atoms with Gasteiger partial charge in [0.15, 0.2) is 0 Å². The Balaban J connectivity index is 1.76. The minimum atomic E-state index is -3.98. The highest BCUT2D eigenvalue weighted by molar-refractivity contribution is 7.92. The van der Waals surface area contributed by atoms with Gasteiger partial charge in [-0.05, 0) is 62.4 Å². The number of carbonyl (C=O) groups excluding carboxylic acids is 1. The van der Waals surface area contributed by atoms with Crippen molar-refractivity contribution in [1.82, 2.24) is 9.97 Å². The maximum Gasteiger partial charge on any atom is 0.264 e. The van der Waals surface area contributed by atoms with Gasteiger partial charge in [-0.25, -0.2) is 31.5 Å². The van der Waals surface area contributed by atoms with Crippen molar-refractivity contribution < 1.29 is 26.4 Å². The van der Waals surface area contributed by atoms with Crippen LogP contribution in [-0.2, 0) is 24.8 Å². The molecule has 1 amide bonds. The second-order valence-corrected chi connectivity index (χ2v) is 11.8. The standard InChI is InChI=1S/C22H24ClN5O6S2/c1-14-11-15(2)25-22(24-14)27-36(32,33)18-8-6-17(7-9-18)26-21(29)13-28(35(4,30)31)19-12-16(23)5-10-20(19)34-3/h5-12H,13H2,1-4H3,(H,26,29)(H,24,25,27). The summed E-state index contributed by atoms with van der Waals surface area (Å²) in [5.41, 5.74) is 1.57. The van der Waals surface area contributed by atoms with Crippen LogP contribution >= 0.6 is 11.6 Å². The Morgan fingerprint density at radius 3 is 2.17 bits per heavy atom. The van der Waals surface area contributed by atoms with E-state index >= 15 is 0 Å². The molecule has 0 aliphatic rings. The summed E-state index contributed by atoms with van der Waals surface area (Å²) in [5, 5.41) is 2.81. The zero-order valence-corrected chi connectivity index (χ0v) is 22.2. The van der Waals surface area contributed by atoms with E-state index in [0.29, 0.717) is 11.4 Å². The molecule has 0 aliphatic carbocycles. The second-order valence-electron chi connectivity index (χ2n) is 7.74. The third-order valence-electron chi connectivity index (χ3n) is 4.75. The molecule has 1 heterocycles. The van der Waals surface area contributed by atoms with Crippen LogP contribution in [0.5, 0.6) is 5.75 Å². The van der Waals surface area contributed by atoms with Crippen molar-refractivity contribution in [2.75, 3.05) is 34.3 Å². The van der Waals surface area contributed by atoms with Crippen molar-refractivity contribution in [1.29, 1.82) is 0 Å². The topological polar surface area (TPSA) is 148 Å². The lowest BCUT2D eigenvalue weighted by atomic mass is 10.3. The highest BCUT2D eigenvalue weighted by Crippen LogP contribution is 2.32. The van der Waals surface area contributed by atoms with Gasteiger partial charge in [0.25, 0.3) is 10.0 Å². The van der Waals surface area contributed by atoms with Gasteiger partial charge >= 0.3 is 0 Å². The first-order chi connectivity index (χ1) is 16.8. The van der Waals surface area contributed by atoms with Gasteiger partial charge in [-0.3, -0.25) is 9.10 Å². The molecule has 0 saturated heterocycles. The molecule has 0 aliphatic heterocycles. The zero-order valence-electron chi connectivity index (χ0n) is 19.8. The Kier molecular flexibility index (Phi) is 8.06. The van der Waals surface area contributed by atoms with E-state index in [1.807, 2.05) is 0 Å². The van der Waals surface area contributed by atoms with Crippen molar-refractivity contribution in [3.8, 4) is 5.75 Å². The van der Waals surface area contributed by atoms with Crippen LogP contribution in [0, 0.1) is 13.8 Å². The van der Waals surface area contributed by atoms with E-state index < -0.39 is 32.5 Å². The average molecular weight is 554 g/mol. The molecular weight excluding hydrogens is 530 g/mol. The number of hydrogen-bond acceptors (Lipinski definition) is 8. The molecule has 36 heavy (non-hydrogen) atoms. The minimum Gasteiger partial charge on any atom is -0.495 e. The van der Waals surface area contributed by atoms with Crippen molar-refractivity contribution in [3.05, 3.63) is 64.9 Å². The van der Waals surface area contributed by atoms with Gasteiger partial charge in [-0.2, -0.15) is 0 Å². The van der Waals surface area contributed by atoms with Gasteiger partial charge in [-0.15, -0.1) is 0 Å². The highest BCUT2D eigenvalue weighted by atomic mass is 35.5. The lowest BCUT2D eigenvalue weighted by Gasteiger charge is -2.24. The van der Waals surface area contributed by atoms with Crippen molar-refractivity contribution in [2.24, 2.45) is 0 Å². The summed E-state index contributed by atoms with van der Waals surface area (Å²) in [7, 11) is -6.50. The van der Waals surface area contributed by atoms with Gasteiger partial charge in [0.05, 0.1) is 23.9 Å². The van der Waals surface area contributed by atoms with Crippen molar-refractivity contribution in [2.45, 2.75) is 18.7 Å². The normalized spacial score (nSPS) is 11.6. The van der Waals surface area contributed by atoms with E-state index in [1.165, 1.54) is 49.6 Å². The number of ether oxygens (including phenoxy) is 1. The smallest absolute Gasteiger partial charge is 0.264 e. The van der Waals surface area contributed by atoms with Crippen molar-refractivity contribution in [3.63, 3.8) is 0 Å². The molecule has 2 aromatic carbocycles. The number of benzene rings is 2. The number of hydrogen-bond donors (Lipinski definition) is 2. The number of sulfonamides is 2. The first-order valence-corrected chi connectivity index (χ1v) is 14.1. The highest BCUT2D eigenvalue weighted by Gasteiger charge is 2.24. The monoisotopic (exact) mass is 553 g/mol. The predicted octanol–water partition coefficient (Wildman–Crippen LogP) is 2.96. The SMILES string of the molecule is COc1ccc(Cl)cc1N(CC(=O)Nc1ccc(S(=O)(=O)Nc2nc(C)cc(C)n2)cc1)S(C)(=O)=O. The van der Waals surface area contributed by atoms with Crippen LogP contribution in [0.1, 0.15) is 11.4 Å². The van der Waals surface area contributed by atoms with Gasteiger partial charge in [-0.1, -0.05) is 11.6 Å². The molecule has 192 valence electrons. The molecule has 0 atom stereocenters. The Hall–Kier alpha value is -3.42. The molecule has 1 aromatic heterocycles. The minimum absolute atomic E-state index is 0.0535. The molecule has 0 fully saturated rings. The number of rotatable bonds is 9. The fraction of sp³-hybridized carbons (Fsp3) is 0.227. The fourth-order valence-corrected chi connectivity index (χ4v) is 5.20. The average Bonchev–Trinajstić information content (AvgIpc) is 2.76. The van der Waals surface area contributed by atoms with E-state index in [4.69, 9.17) is 16.3 Å². The van der Waals surface area contributed by atoms with Crippen LogP contribution in [0.15, 0.2) is 53.4 Å². The summed E-state index contributed by atoms with van der Waals surface area (Å²) in [4.78, 5) is 20.7. The summed E-state index contributed by atoms with van der Waals surface area (Å²) >= 11 is 6.01. The van der Waals surface area contributed by atoms with Gasteiger partial charge in [0.1, 0.15) is 12.3 Å². The maximum atomic E-state index is 12.7. The molecule has 0 unspecified atom stereocenters. The lowest BCUT2D eigenvalue weighted by molar-refractivity contribution is -0.114. The van der Waals surface area contributed by atoms with E-state index in [1.54, 1.807) is 19.9 Å². The summed E-state index contributed by atoms with van der Waals surface area (Å²) in [6.07, 6.45) is 0.951. The molecule has 0 bridgehead atoms. The lowest BCUT2D eigenvalue weighted by Crippen LogP contribution is -2.37. The maximum absolute atomic E-state index is 12.7. The number of aromatic nitrogens is 2. The molecule has 3 aromatic rings. The number of anilines is 3. The van der Waals surface area contributed by atoms with Crippen LogP contribution in [0.4, 0.5) is 17.3 Å². The Morgan fingerprint density at radius 2 is 1.61 bits per heavy atom. The molecule has 0 spiro atoms. The van der Waals surface area contributed by atoms with Crippen LogP contribution < -0.4 is 19.1 Å². The number of carbonyl (C=O) groups is 1. The Bertz CT molecular complexity index is 1480. The zero-order chi connectivity index (χ0) is 26.7. The van der Waals surface area contributed by atoms with Gasteiger partial charge < -0.3 is 10.1 Å². The quantitative estimate of drug-likeness (QED) is 0.411. The predicted molar refractivity (Wildman–Crippen MR) is 138 cm³/mol. The fourth-order valence-electron chi connectivity index (χ4n) is 3.24. The Labute approximate surface area is 214 Å². The third-order valence-corrected chi connectivity index (χ3v) is 7.46. The summed E-state index contributed by atoms with van der Waals surface area (Å²) in [6.45, 7) is 2.87. The number of aryl methyl sites for hydroxylation is 2. The van der Waals surface area contributed by atoms with Gasteiger partial charge in [0.2, 0.25) is 21.9 Å². The van der Waals surface area contributed by atoms with E-state index in [0.717, 1.165) is 10.6 Å². The summed E-state index contributed by atoms with van der Waals surface area (Å²) in [6, 6.07) is 11.4. The van der Waals surface area contributed by atoms with Gasteiger partial charge in [0, 0.05) is 22.1 Å². The first kappa shape index (κ1) is 27.2. The van der Waals surface area contributed by atoms with Crippen LogP contribution in [0.3, 0.4) is 0 Å². The van der Waals surface area contributed by atoms with E-state index in [2.05, 4.69) is 20.0 Å². The molecule has 3 rings (SSSR count). The number of nitrogens with one attached hydrogen (secondary N) is 2. The van der Waals surface area contributed by atoms with Crippen LogP contribution in [-0.4, -0.2) is 52.6 Å². The summed E-state index contributed by atoms with van der Waals surface area (Å²) < 4.78 is 58.6. The number of nitrogens with zero attached hydrogens (tertiary/aromatic N) is 3. The molecule has 11 nitrogen and oxygen atoms in total. The second kappa shape index (κ2) is 10.7. The van der Waals surface area contributed by atoms with Crippen molar-refractivity contribution >= 4 is 54.9 Å². The first-order valence-electron chi connectivity index (χ1n) is 10.3. The van der Waals surface area contributed by atoms with E-state index in [-0.39, 0.29) is 33.0 Å². The number of halogens is 1. The third kappa shape index (κ3) is 6.83. The molecule has 2 N–H and O–H groups in total. The number of amides is 1. The van der Waals surface area contributed by atoms with E-state index in [9.17, 15) is 21.6 Å². The summed E-state index contributed by atoms with van der Waals surface area (Å²) in [5.74, 6) is -0.505. The van der Waals surface area contributed by atoms with Crippen LogP contribution in [0.2, 0.25) is 5.02 Å². The molecule has 14 heteroatoms. The number of methoxy groups -OCH3 is 1. The molecule has 0 radical (unpaired) electrons. The molecular formula is C22H24ClN5O6S2.